The van der Waals surface area contributed by atoms with Crippen LogP contribution in [0.25, 0.3) is 21.5 Å². The normalized spacial score (nSPS) is 13.9. The van der Waals surface area contributed by atoms with Gasteiger partial charge in [0.25, 0.3) is 0 Å². The quantitative estimate of drug-likeness (QED) is 0.0640. The van der Waals surface area contributed by atoms with Gasteiger partial charge in [0.2, 0.25) is 0 Å². The zero-order valence-corrected chi connectivity index (χ0v) is 31.7. The number of hydrogen-bond donors (Lipinski definition) is 0. The molecule has 0 bridgehead atoms. The van der Waals surface area contributed by atoms with Crippen molar-refractivity contribution in [3.05, 3.63) is 48.0 Å². The van der Waals surface area contributed by atoms with Crippen molar-refractivity contribution in [1.29, 1.82) is 0 Å². The lowest BCUT2D eigenvalue weighted by Crippen LogP contribution is -2.30. The summed E-state index contributed by atoms with van der Waals surface area (Å²) < 4.78 is 36.6. The third-order valence-corrected chi connectivity index (χ3v) is 9.29. The van der Waals surface area contributed by atoms with Gasteiger partial charge in [-0.1, -0.05) is 110 Å². The van der Waals surface area contributed by atoms with Crippen LogP contribution < -0.4 is 9.47 Å². The number of fused-ring (bicyclic) bond motifs is 2. The Kier molecular flexibility index (Phi) is 18.4. The van der Waals surface area contributed by atoms with Gasteiger partial charge in [0.1, 0.15) is 24.7 Å². The maximum atomic E-state index is 12.1. The minimum absolute atomic E-state index is 0.142. The summed E-state index contributed by atoms with van der Waals surface area (Å²) in [6, 6.07) is 14.3. The van der Waals surface area contributed by atoms with Gasteiger partial charge in [-0.3, -0.25) is 9.59 Å². The first-order valence-corrected chi connectivity index (χ1v) is 19.0. The average molecular weight is 695 g/mol. The van der Waals surface area contributed by atoms with Gasteiger partial charge in [-0.25, -0.2) is 0 Å². The van der Waals surface area contributed by atoms with Crippen molar-refractivity contribution >= 4 is 33.5 Å². The summed E-state index contributed by atoms with van der Waals surface area (Å²) in [5, 5.41) is 3.52. The molecule has 4 atom stereocenters. The van der Waals surface area contributed by atoms with E-state index in [1.54, 1.807) is 0 Å². The van der Waals surface area contributed by atoms with E-state index in [1.807, 2.05) is 24.3 Å². The molecule has 0 aliphatic rings. The Morgan fingerprint density at radius 1 is 0.580 bits per heavy atom. The number of unbranched alkanes of at least 4 members (excludes halogenated alkanes) is 2. The Balaban J connectivity index is 1.88. The summed E-state index contributed by atoms with van der Waals surface area (Å²) in [5.74, 6) is 1.60. The molecule has 8 nitrogen and oxygen atoms in total. The molecule has 0 aromatic heterocycles. The van der Waals surface area contributed by atoms with Crippen molar-refractivity contribution in [3.8, 4) is 11.5 Å². The minimum atomic E-state index is -0.561. The van der Waals surface area contributed by atoms with Gasteiger partial charge < -0.3 is 28.4 Å². The Morgan fingerprint density at radius 3 is 1.46 bits per heavy atom. The summed E-state index contributed by atoms with van der Waals surface area (Å²) >= 11 is 0. The number of hydrogen-bond acceptors (Lipinski definition) is 8. The van der Waals surface area contributed by atoms with E-state index in [9.17, 15) is 9.59 Å². The summed E-state index contributed by atoms with van der Waals surface area (Å²) in [7, 11) is 0. The molecule has 50 heavy (non-hydrogen) atoms. The maximum absolute atomic E-state index is 12.1. The summed E-state index contributed by atoms with van der Waals surface area (Å²) in [5.41, 5.74) is 1.15. The Hall–Kier alpha value is -3.36. The van der Waals surface area contributed by atoms with Crippen LogP contribution in [0.4, 0.5) is 0 Å². The first kappa shape index (κ1) is 41.1. The van der Waals surface area contributed by atoms with Crippen molar-refractivity contribution in [1.82, 2.24) is 0 Å². The highest BCUT2D eigenvalue weighted by Gasteiger charge is 2.22. The van der Waals surface area contributed by atoms with Crippen LogP contribution in [-0.4, -0.2) is 63.8 Å². The maximum Gasteiger partial charge on any atom is 0.303 e. The molecular weight excluding hydrogens is 632 g/mol. The molecule has 0 saturated heterocycles. The van der Waals surface area contributed by atoms with Gasteiger partial charge in [0, 0.05) is 48.6 Å². The predicted octanol–water partition coefficient (Wildman–Crippen LogP) is 9.64. The molecule has 278 valence electrons. The molecule has 0 heterocycles. The summed E-state index contributed by atoms with van der Waals surface area (Å²) in [6.45, 7) is 15.8. The van der Waals surface area contributed by atoms with E-state index < -0.39 is 12.2 Å². The first-order valence-electron chi connectivity index (χ1n) is 19.0. The number of ether oxygens (including phenoxy) is 6. The summed E-state index contributed by atoms with van der Waals surface area (Å²) in [4.78, 5) is 24.1. The zero-order valence-electron chi connectivity index (χ0n) is 31.7. The van der Waals surface area contributed by atoms with Gasteiger partial charge in [0.05, 0.1) is 13.2 Å². The van der Waals surface area contributed by atoms with Crippen molar-refractivity contribution in [3.63, 3.8) is 0 Å². The van der Waals surface area contributed by atoms with Crippen LogP contribution >= 0.6 is 0 Å². The molecule has 0 aliphatic heterocycles. The lowest BCUT2D eigenvalue weighted by atomic mass is 9.98. The SMILES string of the molecule is CCCCC(CC)COCC(COc1c2ccccc2c(OCC(COCC(CC)CCCC)OC(C)=O)c2cc(CC)ccc12)OC(C)=O. The fourth-order valence-corrected chi connectivity index (χ4v) is 6.26. The molecular formula is C42H62O8. The Bertz CT molecular complexity index is 1450. The number of rotatable bonds is 25. The highest BCUT2D eigenvalue weighted by Crippen LogP contribution is 2.43. The van der Waals surface area contributed by atoms with Crippen molar-refractivity contribution < 1.29 is 38.0 Å². The molecule has 0 N–H and O–H groups in total. The molecule has 0 spiro atoms. The van der Waals surface area contributed by atoms with Crippen LogP contribution in [0.5, 0.6) is 11.5 Å². The number of carbonyl (C=O) groups is 2. The van der Waals surface area contributed by atoms with Gasteiger partial charge in [-0.15, -0.1) is 0 Å². The van der Waals surface area contributed by atoms with Crippen LogP contribution in [0.15, 0.2) is 42.5 Å². The molecule has 3 aromatic rings. The molecule has 0 fully saturated rings. The van der Waals surface area contributed by atoms with Crippen molar-refractivity contribution in [2.24, 2.45) is 11.8 Å². The van der Waals surface area contributed by atoms with Crippen LogP contribution in [0.3, 0.4) is 0 Å². The Labute approximate surface area is 300 Å². The third-order valence-electron chi connectivity index (χ3n) is 9.29. The highest BCUT2D eigenvalue weighted by molar-refractivity contribution is 6.11. The van der Waals surface area contributed by atoms with Gasteiger partial charge in [0.15, 0.2) is 12.2 Å². The second kappa shape index (κ2) is 22.5. The molecule has 3 rings (SSSR count). The molecule has 3 aromatic carbocycles. The zero-order chi connectivity index (χ0) is 36.3. The molecule has 0 radical (unpaired) electrons. The largest absolute Gasteiger partial charge is 0.488 e. The van der Waals surface area contributed by atoms with E-state index in [0.717, 1.165) is 72.1 Å². The number of carbonyl (C=O) groups excluding carboxylic acids is 2. The van der Waals surface area contributed by atoms with Gasteiger partial charge in [-0.2, -0.15) is 0 Å². The van der Waals surface area contributed by atoms with E-state index in [1.165, 1.54) is 26.7 Å². The van der Waals surface area contributed by atoms with Crippen LogP contribution in [0.1, 0.15) is 105 Å². The molecule has 4 unspecified atom stereocenters. The van der Waals surface area contributed by atoms with Crippen LogP contribution in [-0.2, 0) is 35.0 Å². The first-order chi connectivity index (χ1) is 24.2. The van der Waals surface area contributed by atoms with Gasteiger partial charge >= 0.3 is 11.9 Å². The smallest absolute Gasteiger partial charge is 0.303 e. The fourth-order valence-electron chi connectivity index (χ4n) is 6.26. The van der Waals surface area contributed by atoms with E-state index in [0.29, 0.717) is 36.5 Å². The predicted molar refractivity (Wildman–Crippen MR) is 201 cm³/mol. The molecule has 0 amide bonds. The topological polar surface area (TPSA) is 89.5 Å². The highest BCUT2D eigenvalue weighted by atomic mass is 16.6. The van der Waals surface area contributed by atoms with Crippen LogP contribution in [0, 0.1) is 11.8 Å². The van der Waals surface area contributed by atoms with Gasteiger partial charge in [-0.05, 0) is 42.7 Å². The third kappa shape index (κ3) is 13.1. The number of aryl methyl sites for hydroxylation is 1. The lowest BCUT2D eigenvalue weighted by molar-refractivity contribution is -0.152. The van der Waals surface area contributed by atoms with Crippen molar-refractivity contribution in [2.45, 2.75) is 118 Å². The van der Waals surface area contributed by atoms with E-state index in [4.69, 9.17) is 28.4 Å². The lowest BCUT2D eigenvalue weighted by Gasteiger charge is -2.23. The van der Waals surface area contributed by atoms with Crippen LogP contribution in [0.2, 0.25) is 0 Å². The standard InChI is InChI=1S/C42H62O8/c1-8-13-17-33(11-4)24-45-26-35(49-30(6)43)28-47-41-37-19-15-16-20-38(37)42(40-23-32(10-3)21-22-39(40)41)48-29-36(50-31(7)44)27-46-25-34(12-5)18-14-9-2/h15-16,19-23,33-36H,8-14,17-18,24-29H2,1-7H3. The minimum Gasteiger partial charge on any atom is -0.488 e. The monoisotopic (exact) mass is 694 g/mol. The van der Waals surface area contributed by atoms with Crippen molar-refractivity contribution in [2.75, 3.05) is 39.6 Å². The molecule has 0 aliphatic carbocycles. The number of benzene rings is 3. The second-order valence-electron chi connectivity index (χ2n) is 13.4. The number of esters is 2. The van der Waals surface area contributed by atoms with E-state index in [2.05, 4.69) is 52.8 Å². The molecule has 0 saturated carbocycles. The molecule has 8 heteroatoms. The summed E-state index contributed by atoms with van der Waals surface area (Å²) in [6.07, 6.45) is 8.75. The average Bonchev–Trinajstić information content (AvgIpc) is 3.11. The van der Waals surface area contributed by atoms with E-state index in [-0.39, 0.29) is 38.4 Å². The Morgan fingerprint density at radius 2 is 1.04 bits per heavy atom. The second-order valence-corrected chi connectivity index (χ2v) is 13.4. The fraction of sp³-hybridized carbons (Fsp3) is 0.619. The van der Waals surface area contributed by atoms with E-state index >= 15 is 0 Å².